The topological polar surface area (TPSA) is 85.2 Å². The first-order valence-corrected chi connectivity index (χ1v) is 7.47. The number of nitrogens with zero attached hydrogens (tertiary/aromatic N) is 1. The molecule has 0 aliphatic rings. The predicted octanol–water partition coefficient (Wildman–Crippen LogP) is 2.42. The minimum absolute atomic E-state index is 0.126. The van der Waals surface area contributed by atoms with Gasteiger partial charge in [-0.25, -0.2) is 4.39 Å². The number of carbonyl (C=O) groups excluding carboxylic acids is 1. The van der Waals surface area contributed by atoms with Crippen molar-refractivity contribution in [2.75, 3.05) is 11.9 Å². The van der Waals surface area contributed by atoms with Gasteiger partial charge in [-0.2, -0.15) is 5.26 Å². The summed E-state index contributed by atoms with van der Waals surface area (Å²) in [6.07, 6.45) is 0. The molecule has 2 aromatic carbocycles. The minimum atomic E-state index is -0.379. The van der Waals surface area contributed by atoms with Gasteiger partial charge in [0, 0.05) is 29.4 Å². The van der Waals surface area contributed by atoms with Crippen LogP contribution < -0.4 is 10.6 Å². The van der Waals surface area contributed by atoms with E-state index in [2.05, 4.69) is 10.6 Å². The van der Waals surface area contributed by atoms with E-state index in [1.165, 1.54) is 18.2 Å². The molecule has 3 N–H and O–H groups in total. The minimum Gasteiger partial charge on any atom is -0.394 e. The maximum atomic E-state index is 13.7. The summed E-state index contributed by atoms with van der Waals surface area (Å²) in [4.78, 5) is 11.9. The van der Waals surface area contributed by atoms with E-state index < -0.39 is 0 Å². The molecule has 0 spiro atoms. The van der Waals surface area contributed by atoms with Gasteiger partial charge in [0.05, 0.1) is 18.2 Å². The summed E-state index contributed by atoms with van der Waals surface area (Å²) in [6.45, 7) is 1.81. The van der Waals surface area contributed by atoms with Crippen LogP contribution in [0.2, 0.25) is 0 Å². The van der Waals surface area contributed by atoms with Gasteiger partial charge in [-0.15, -0.1) is 0 Å². The Balaban J connectivity index is 2.00. The van der Waals surface area contributed by atoms with E-state index in [9.17, 15) is 9.18 Å². The summed E-state index contributed by atoms with van der Waals surface area (Å²) in [5.41, 5.74) is 1.99. The van der Waals surface area contributed by atoms with Crippen LogP contribution in [-0.4, -0.2) is 23.7 Å². The monoisotopic (exact) mass is 327 g/mol. The van der Waals surface area contributed by atoms with Crippen molar-refractivity contribution >= 4 is 11.6 Å². The highest BCUT2D eigenvalue weighted by atomic mass is 19.1. The number of aliphatic hydroxyl groups excluding tert-OH is 1. The lowest BCUT2D eigenvalue weighted by atomic mass is 10.1. The molecule has 1 amide bonds. The molecule has 2 rings (SSSR count). The molecule has 0 aliphatic carbocycles. The molecule has 0 bridgehead atoms. The SMILES string of the molecule is C[C@@H](CO)NC(=O)c1ccc(NCc2cc(C#N)ccc2F)cc1. The number of hydrogen-bond donors (Lipinski definition) is 3. The number of amides is 1. The van der Waals surface area contributed by atoms with Crippen LogP contribution in [0.3, 0.4) is 0 Å². The Morgan fingerprint density at radius 1 is 1.29 bits per heavy atom. The maximum Gasteiger partial charge on any atom is 0.251 e. The summed E-state index contributed by atoms with van der Waals surface area (Å²) in [7, 11) is 0. The standard InChI is InChI=1S/C18H18FN3O2/c1-12(11-23)22-18(24)14-3-5-16(6-4-14)21-10-15-8-13(9-20)2-7-17(15)19/h2-8,12,21,23H,10-11H2,1H3,(H,22,24)/t12-/m0/s1. The van der Waals surface area contributed by atoms with Crippen LogP contribution in [0.15, 0.2) is 42.5 Å². The fourth-order valence-electron chi connectivity index (χ4n) is 2.07. The number of benzene rings is 2. The van der Waals surface area contributed by atoms with Crippen molar-refractivity contribution in [2.45, 2.75) is 19.5 Å². The van der Waals surface area contributed by atoms with Crippen molar-refractivity contribution in [3.05, 3.63) is 65.0 Å². The quantitative estimate of drug-likeness (QED) is 0.761. The van der Waals surface area contributed by atoms with E-state index in [0.717, 1.165) is 5.69 Å². The van der Waals surface area contributed by atoms with E-state index in [4.69, 9.17) is 10.4 Å². The van der Waals surface area contributed by atoms with Gasteiger partial charge < -0.3 is 15.7 Å². The molecule has 1 atom stereocenters. The van der Waals surface area contributed by atoms with Gasteiger partial charge in [0.2, 0.25) is 0 Å². The van der Waals surface area contributed by atoms with Crippen LogP contribution in [0.25, 0.3) is 0 Å². The number of nitrogens with one attached hydrogen (secondary N) is 2. The van der Waals surface area contributed by atoms with Crippen molar-refractivity contribution in [3.8, 4) is 6.07 Å². The molecule has 0 saturated heterocycles. The first kappa shape index (κ1) is 17.4. The molecule has 0 heterocycles. The molecule has 0 fully saturated rings. The second-order valence-electron chi connectivity index (χ2n) is 5.41. The summed E-state index contributed by atoms with van der Waals surface area (Å²) >= 11 is 0. The van der Waals surface area contributed by atoms with Gasteiger partial charge in [-0.3, -0.25) is 4.79 Å². The van der Waals surface area contributed by atoms with E-state index >= 15 is 0 Å². The Kier molecular flexibility index (Phi) is 5.88. The highest BCUT2D eigenvalue weighted by Crippen LogP contribution is 2.14. The maximum absolute atomic E-state index is 13.7. The van der Waals surface area contributed by atoms with Gasteiger partial charge in [0.1, 0.15) is 5.82 Å². The second kappa shape index (κ2) is 8.09. The van der Waals surface area contributed by atoms with E-state index in [0.29, 0.717) is 16.7 Å². The Bertz CT molecular complexity index is 754. The van der Waals surface area contributed by atoms with Crippen LogP contribution in [0.4, 0.5) is 10.1 Å². The Labute approximate surface area is 139 Å². The van der Waals surface area contributed by atoms with E-state index in [1.807, 2.05) is 6.07 Å². The molecule has 0 aromatic heterocycles. The van der Waals surface area contributed by atoms with Gasteiger partial charge in [0.15, 0.2) is 0 Å². The van der Waals surface area contributed by atoms with Gasteiger partial charge in [0.25, 0.3) is 5.91 Å². The largest absolute Gasteiger partial charge is 0.394 e. The number of aliphatic hydroxyl groups is 1. The van der Waals surface area contributed by atoms with E-state index in [1.54, 1.807) is 31.2 Å². The van der Waals surface area contributed by atoms with Crippen LogP contribution in [0.1, 0.15) is 28.4 Å². The van der Waals surface area contributed by atoms with Crippen LogP contribution in [0.5, 0.6) is 0 Å². The number of halogens is 1. The number of anilines is 1. The Hall–Kier alpha value is -2.91. The zero-order valence-electron chi connectivity index (χ0n) is 13.2. The molecule has 0 unspecified atom stereocenters. The second-order valence-corrected chi connectivity index (χ2v) is 5.41. The Morgan fingerprint density at radius 2 is 2.00 bits per heavy atom. The molecule has 5 nitrogen and oxygen atoms in total. The van der Waals surface area contributed by atoms with E-state index in [-0.39, 0.29) is 30.9 Å². The van der Waals surface area contributed by atoms with Crippen molar-refractivity contribution in [3.63, 3.8) is 0 Å². The predicted molar refractivity (Wildman–Crippen MR) is 88.9 cm³/mol. The molecule has 0 radical (unpaired) electrons. The summed E-state index contributed by atoms with van der Waals surface area (Å²) < 4.78 is 13.7. The van der Waals surface area contributed by atoms with Crippen molar-refractivity contribution in [2.24, 2.45) is 0 Å². The average Bonchev–Trinajstić information content (AvgIpc) is 2.61. The number of hydrogen-bond acceptors (Lipinski definition) is 4. The normalized spacial score (nSPS) is 11.4. The number of rotatable bonds is 6. The molecule has 124 valence electrons. The summed E-state index contributed by atoms with van der Waals surface area (Å²) in [5.74, 6) is -0.647. The molecular weight excluding hydrogens is 309 g/mol. The number of carbonyl (C=O) groups is 1. The molecule has 0 aliphatic heterocycles. The van der Waals surface area contributed by atoms with Gasteiger partial charge in [-0.1, -0.05) is 0 Å². The Morgan fingerprint density at radius 3 is 2.62 bits per heavy atom. The van der Waals surface area contributed by atoms with Crippen molar-refractivity contribution in [1.29, 1.82) is 5.26 Å². The lowest BCUT2D eigenvalue weighted by Gasteiger charge is -2.12. The average molecular weight is 327 g/mol. The molecule has 6 heteroatoms. The third-order valence-electron chi connectivity index (χ3n) is 3.46. The fourth-order valence-corrected chi connectivity index (χ4v) is 2.07. The highest BCUT2D eigenvalue weighted by Gasteiger charge is 2.09. The fraction of sp³-hybridized carbons (Fsp3) is 0.222. The highest BCUT2D eigenvalue weighted by molar-refractivity contribution is 5.94. The molecule has 24 heavy (non-hydrogen) atoms. The summed E-state index contributed by atoms with van der Waals surface area (Å²) in [5, 5.41) is 23.5. The van der Waals surface area contributed by atoms with Gasteiger partial charge in [-0.05, 0) is 49.4 Å². The first-order valence-electron chi connectivity index (χ1n) is 7.47. The van der Waals surface area contributed by atoms with Gasteiger partial charge >= 0.3 is 0 Å². The lowest BCUT2D eigenvalue weighted by molar-refractivity contribution is 0.0922. The molecule has 0 saturated carbocycles. The molecule has 2 aromatic rings. The molecular formula is C18H18FN3O2. The third kappa shape index (κ3) is 4.54. The van der Waals surface area contributed by atoms with Crippen molar-refractivity contribution in [1.82, 2.24) is 5.32 Å². The van der Waals surface area contributed by atoms with Crippen LogP contribution in [0, 0.1) is 17.1 Å². The lowest BCUT2D eigenvalue weighted by Crippen LogP contribution is -2.34. The zero-order valence-corrected chi connectivity index (χ0v) is 13.2. The van der Waals surface area contributed by atoms with Crippen LogP contribution >= 0.6 is 0 Å². The zero-order chi connectivity index (χ0) is 17.5. The van der Waals surface area contributed by atoms with Crippen molar-refractivity contribution < 1.29 is 14.3 Å². The van der Waals surface area contributed by atoms with Crippen LogP contribution in [-0.2, 0) is 6.54 Å². The third-order valence-corrected chi connectivity index (χ3v) is 3.46. The first-order chi connectivity index (χ1) is 11.5. The summed E-state index contributed by atoms with van der Waals surface area (Å²) in [6, 6.07) is 12.6. The number of nitriles is 1. The smallest absolute Gasteiger partial charge is 0.251 e.